The van der Waals surface area contributed by atoms with Crippen molar-refractivity contribution in [3.8, 4) is 17.0 Å². The van der Waals surface area contributed by atoms with E-state index in [1.54, 1.807) is 19.9 Å². The molecule has 5 nitrogen and oxygen atoms in total. The van der Waals surface area contributed by atoms with Gasteiger partial charge in [0.15, 0.2) is 0 Å². The van der Waals surface area contributed by atoms with Gasteiger partial charge in [-0.05, 0) is 50.1 Å². The van der Waals surface area contributed by atoms with E-state index >= 15 is 0 Å². The number of rotatable bonds is 7. The molecular weight excluding hydrogens is 422 g/mol. The Balaban J connectivity index is 1.72. The first-order chi connectivity index (χ1) is 15.4. The van der Waals surface area contributed by atoms with E-state index in [1.807, 2.05) is 61.7 Å². The van der Waals surface area contributed by atoms with Crippen LogP contribution in [0.1, 0.15) is 25.0 Å². The van der Waals surface area contributed by atoms with Gasteiger partial charge < -0.3 is 10.1 Å². The Kier molecular flexibility index (Phi) is 6.19. The molecule has 2 aromatic carbocycles. The molecule has 2 heterocycles. The Morgan fingerprint density at radius 1 is 1.09 bits per heavy atom. The summed E-state index contributed by atoms with van der Waals surface area (Å²) in [4.78, 5) is 17.4. The lowest BCUT2D eigenvalue weighted by Crippen LogP contribution is -2.30. The lowest BCUT2D eigenvalue weighted by molar-refractivity contribution is -0.142. The number of fused-ring (bicyclic) bond motifs is 1. The van der Waals surface area contributed by atoms with Crippen molar-refractivity contribution >= 4 is 29.0 Å². The molecule has 0 amide bonds. The Morgan fingerprint density at radius 3 is 2.62 bits per heavy atom. The van der Waals surface area contributed by atoms with Crippen LogP contribution in [0.4, 0.5) is 5.82 Å². The molecular formula is C26H26ClN3O2. The van der Waals surface area contributed by atoms with Crippen molar-refractivity contribution < 1.29 is 9.53 Å². The highest BCUT2D eigenvalue weighted by atomic mass is 35.5. The number of anilines is 1. The van der Waals surface area contributed by atoms with Crippen molar-refractivity contribution in [1.29, 1.82) is 0 Å². The van der Waals surface area contributed by atoms with Crippen molar-refractivity contribution in [3.05, 3.63) is 84.1 Å². The standard InChI is InChI=1S/C26H26ClN3O2/c1-18-9-8-14-30-23(18)29-22(24(30)28-16-19-10-5-4-6-11-19)20-12-7-13-21(15-20)32-25(31)26(2,3)17-27/h4-15,28H,16-17H2,1-3H3. The van der Waals surface area contributed by atoms with Crippen LogP contribution in [-0.2, 0) is 11.3 Å². The molecule has 0 fully saturated rings. The Hall–Kier alpha value is -3.31. The molecule has 164 valence electrons. The SMILES string of the molecule is Cc1cccn2c(NCc3ccccc3)c(-c3cccc(OC(=O)C(C)(C)CCl)c3)nc12. The number of carbonyl (C=O) groups excluding carboxylic acids is 1. The van der Waals surface area contributed by atoms with E-state index in [0.717, 1.165) is 28.3 Å². The predicted octanol–water partition coefficient (Wildman–Crippen LogP) is 6.09. The molecule has 0 aliphatic carbocycles. The highest BCUT2D eigenvalue weighted by Gasteiger charge is 2.29. The molecule has 6 heteroatoms. The minimum Gasteiger partial charge on any atom is -0.426 e. The molecule has 0 bridgehead atoms. The van der Waals surface area contributed by atoms with Crippen LogP contribution in [0, 0.1) is 12.3 Å². The van der Waals surface area contributed by atoms with Gasteiger partial charge in [0.1, 0.15) is 22.9 Å². The lowest BCUT2D eigenvalue weighted by atomic mass is 9.97. The highest BCUT2D eigenvalue weighted by molar-refractivity contribution is 6.19. The molecule has 0 atom stereocenters. The van der Waals surface area contributed by atoms with Crippen LogP contribution in [0.15, 0.2) is 72.9 Å². The molecule has 2 aromatic heterocycles. The number of alkyl halides is 1. The quantitative estimate of drug-likeness (QED) is 0.211. The second-order valence-corrected chi connectivity index (χ2v) is 8.74. The fourth-order valence-corrected chi connectivity index (χ4v) is 3.47. The van der Waals surface area contributed by atoms with Crippen molar-refractivity contribution in [1.82, 2.24) is 9.38 Å². The van der Waals surface area contributed by atoms with Gasteiger partial charge in [-0.25, -0.2) is 4.98 Å². The number of hydrogen-bond acceptors (Lipinski definition) is 4. The van der Waals surface area contributed by atoms with Gasteiger partial charge in [-0.15, -0.1) is 11.6 Å². The summed E-state index contributed by atoms with van der Waals surface area (Å²) < 4.78 is 7.68. The third-order valence-electron chi connectivity index (χ3n) is 5.35. The predicted molar refractivity (Wildman–Crippen MR) is 129 cm³/mol. The fraction of sp³-hybridized carbons (Fsp3) is 0.231. The molecule has 0 unspecified atom stereocenters. The second kappa shape index (κ2) is 9.05. The van der Waals surface area contributed by atoms with E-state index in [2.05, 4.69) is 21.9 Å². The van der Waals surface area contributed by atoms with Gasteiger partial charge in [0.25, 0.3) is 0 Å². The van der Waals surface area contributed by atoms with Crippen LogP contribution in [0.3, 0.4) is 0 Å². The number of aryl methyl sites for hydroxylation is 1. The van der Waals surface area contributed by atoms with Crippen molar-refractivity contribution in [2.24, 2.45) is 5.41 Å². The van der Waals surface area contributed by atoms with E-state index < -0.39 is 5.41 Å². The maximum Gasteiger partial charge on any atom is 0.318 e. The molecule has 0 aliphatic heterocycles. The van der Waals surface area contributed by atoms with Gasteiger partial charge in [0.2, 0.25) is 0 Å². The number of nitrogens with zero attached hydrogens (tertiary/aromatic N) is 2. The van der Waals surface area contributed by atoms with Gasteiger partial charge in [-0.2, -0.15) is 0 Å². The van der Waals surface area contributed by atoms with Crippen LogP contribution in [0.2, 0.25) is 0 Å². The first-order valence-corrected chi connectivity index (χ1v) is 11.1. The summed E-state index contributed by atoms with van der Waals surface area (Å²) in [6.45, 7) is 6.24. The maximum atomic E-state index is 12.5. The molecule has 4 rings (SSSR count). The summed E-state index contributed by atoms with van der Waals surface area (Å²) in [5.41, 5.74) is 4.02. The summed E-state index contributed by atoms with van der Waals surface area (Å²) in [6, 6.07) is 21.7. The van der Waals surface area contributed by atoms with Gasteiger partial charge in [0, 0.05) is 24.2 Å². The number of nitrogens with one attached hydrogen (secondary N) is 1. The summed E-state index contributed by atoms with van der Waals surface area (Å²) in [5, 5.41) is 3.55. The molecule has 0 spiro atoms. The number of carbonyl (C=O) groups is 1. The Bertz CT molecular complexity index is 1250. The summed E-state index contributed by atoms with van der Waals surface area (Å²) in [7, 11) is 0. The molecule has 0 aliphatic rings. The van der Waals surface area contributed by atoms with Crippen molar-refractivity contribution in [3.63, 3.8) is 0 Å². The third kappa shape index (κ3) is 4.48. The average molecular weight is 448 g/mol. The smallest absolute Gasteiger partial charge is 0.318 e. The van der Waals surface area contributed by atoms with E-state index in [9.17, 15) is 4.79 Å². The number of pyridine rings is 1. The minimum atomic E-state index is -0.764. The van der Waals surface area contributed by atoms with Gasteiger partial charge >= 0.3 is 5.97 Å². The first-order valence-electron chi connectivity index (χ1n) is 10.5. The van der Waals surface area contributed by atoms with Crippen LogP contribution in [0.25, 0.3) is 16.9 Å². The zero-order valence-corrected chi connectivity index (χ0v) is 19.2. The van der Waals surface area contributed by atoms with E-state index in [-0.39, 0.29) is 11.8 Å². The molecule has 1 N–H and O–H groups in total. The van der Waals surface area contributed by atoms with Crippen LogP contribution in [-0.4, -0.2) is 21.2 Å². The van der Waals surface area contributed by atoms with Crippen LogP contribution < -0.4 is 10.1 Å². The van der Waals surface area contributed by atoms with Crippen LogP contribution >= 0.6 is 11.6 Å². The summed E-state index contributed by atoms with van der Waals surface area (Å²) in [6.07, 6.45) is 2.00. The van der Waals surface area contributed by atoms with Crippen molar-refractivity contribution in [2.75, 3.05) is 11.2 Å². The lowest BCUT2D eigenvalue weighted by Gasteiger charge is -2.19. The third-order valence-corrected chi connectivity index (χ3v) is 6.02. The summed E-state index contributed by atoms with van der Waals surface area (Å²) >= 11 is 5.93. The number of ether oxygens (including phenoxy) is 1. The summed E-state index contributed by atoms with van der Waals surface area (Å²) in [5.74, 6) is 1.17. The second-order valence-electron chi connectivity index (χ2n) is 8.47. The number of imidazole rings is 1. The zero-order valence-electron chi connectivity index (χ0n) is 18.4. The van der Waals surface area contributed by atoms with E-state index in [0.29, 0.717) is 12.3 Å². The largest absolute Gasteiger partial charge is 0.426 e. The van der Waals surface area contributed by atoms with E-state index in [4.69, 9.17) is 21.3 Å². The first kappa shape index (κ1) is 21.9. The molecule has 0 saturated carbocycles. The topological polar surface area (TPSA) is 55.6 Å². The molecule has 0 radical (unpaired) electrons. The Labute approximate surface area is 193 Å². The highest BCUT2D eigenvalue weighted by Crippen LogP contribution is 2.33. The van der Waals surface area contributed by atoms with Gasteiger partial charge in [-0.3, -0.25) is 9.20 Å². The zero-order chi connectivity index (χ0) is 22.7. The molecule has 4 aromatic rings. The minimum absolute atomic E-state index is 0.185. The number of benzene rings is 2. The fourth-order valence-electron chi connectivity index (χ4n) is 3.36. The Morgan fingerprint density at radius 2 is 1.88 bits per heavy atom. The van der Waals surface area contributed by atoms with E-state index in [1.165, 1.54) is 5.56 Å². The molecule has 32 heavy (non-hydrogen) atoms. The maximum absolute atomic E-state index is 12.5. The van der Waals surface area contributed by atoms with Crippen LogP contribution in [0.5, 0.6) is 5.75 Å². The number of halogens is 1. The average Bonchev–Trinajstić information content (AvgIpc) is 3.18. The van der Waals surface area contributed by atoms with Gasteiger partial charge in [0.05, 0.1) is 5.41 Å². The monoisotopic (exact) mass is 447 g/mol. The number of hydrogen-bond donors (Lipinski definition) is 1. The van der Waals surface area contributed by atoms with Crippen molar-refractivity contribution in [2.45, 2.75) is 27.3 Å². The van der Waals surface area contributed by atoms with Gasteiger partial charge in [-0.1, -0.05) is 48.5 Å². The number of aromatic nitrogens is 2. The number of esters is 1. The molecule has 0 saturated heterocycles. The normalized spacial score (nSPS) is 11.5.